The molecule has 0 aromatic heterocycles. The van der Waals surface area contributed by atoms with E-state index in [1.165, 1.54) is 0 Å². The maximum atomic E-state index is 11.6. The highest BCUT2D eigenvalue weighted by Gasteiger charge is 2.05. The molecule has 0 aliphatic carbocycles. The summed E-state index contributed by atoms with van der Waals surface area (Å²) in [6.07, 6.45) is 0. The Bertz CT molecular complexity index is 437. The van der Waals surface area contributed by atoms with Crippen molar-refractivity contribution < 1.29 is 14.3 Å². The molecule has 0 spiro atoms. The molecule has 1 aromatic carbocycles. The second kappa shape index (κ2) is 7.93. The van der Waals surface area contributed by atoms with Gasteiger partial charge in [0.15, 0.2) is 0 Å². The van der Waals surface area contributed by atoms with Gasteiger partial charge in [-0.3, -0.25) is 4.79 Å². The number of rotatable bonds is 7. The molecule has 0 radical (unpaired) electrons. The Morgan fingerprint density at radius 3 is 2.68 bits per heavy atom. The van der Waals surface area contributed by atoms with Gasteiger partial charge in [0.25, 0.3) is 0 Å². The van der Waals surface area contributed by atoms with E-state index in [9.17, 15) is 9.59 Å². The fourth-order valence-electron chi connectivity index (χ4n) is 1.42. The molecule has 0 saturated carbocycles. The zero-order valence-electron chi connectivity index (χ0n) is 10.7. The maximum Gasteiger partial charge on any atom is 0.312 e. The van der Waals surface area contributed by atoms with E-state index in [1.54, 1.807) is 19.2 Å². The van der Waals surface area contributed by atoms with Gasteiger partial charge in [0.1, 0.15) is 5.75 Å². The van der Waals surface area contributed by atoms with Crippen molar-refractivity contribution in [1.29, 1.82) is 0 Å². The Morgan fingerprint density at radius 1 is 1.26 bits per heavy atom. The number of carbonyl (C=O) groups is 2. The van der Waals surface area contributed by atoms with E-state index in [-0.39, 0.29) is 12.5 Å². The van der Waals surface area contributed by atoms with Crippen LogP contribution in [-0.2, 0) is 4.79 Å². The molecule has 7 heteroatoms. The van der Waals surface area contributed by atoms with E-state index in [0.29, 0.717) is 24.5 Å². The maximum absolute atomic E-state index is 11.6. The lowest BCUT2D eigenvalue weighted by Crippen LogP contribution is -2.37. The normalized spacial score (nSPS) is 9.74. The van der Waals surface area contributed by atoms with Crippen LogP contribution in [0.1, 0.15) is 0 Å². The predicted molar refractivity (Wildman–Crippen MR) is 72.1 cm³/mol. The van der Waals surface area contributed by atoms with Crippen molar-refractivity contribution in [2.45, 2.75) is 0 Å². The fraction of sp³-hybridized carbons (Fsp3) is 0.333. The quantitative estimate of drug-likeness (QED) is 0.517. The molecular formula is C12H18N4O3. The molecule has 0 aliphatic heterocycles. The second-order valence-electron chi connectivity index (χ2n) is 3.72. The predicted octanol–water partition coefficient (Wildman–Crippen LogP) is -0.108. The molecule has 5 N–H and O–H groups in total. The third kappa shape index (κ3) is 5.73. The molecule has 7 nitrogen and oxygen atoms in total. The Labute approximate surface area is 111 Å². The summed E-state index contributed by atoms with van der Waals surface area (Å²) in [5.74, 6) is 0.412. The van der Waals surface area contributed by atoms with Gasteiger partial charge in [0.05, 0.1) is 19.3 Å². The van der Waals surface area contributed by atoms with E-state index in [4.69, 9.17) is 10.5 Å². The lowest BCUT2D eigenvalue weighted by atomic mass is 10.3. The summed E-state index contributed by atoms with van der Waals surface area (Å²) >= 11 is 0. The first-order valence-electron chi connectivity index (χ1n) is 5.80. The van der Waals surface area contributed by atoms with E-state index in [0.717, 1.165) is 0 Å². The number of amides is 3. The molecule has 0 bridgehead atoms. The molecule has 104 valence electrons. The van der Waals surface area contributed by atoms with Gasteiger partial charge >= 0.3 is 6.03 Å². The van der Waals surface area contributed by atoms with E-state index in [1.807, 2.05) is 12.1 Å². The van der Waals surface area contributed by atoms with Crippen LogP contribution in [-0.4, -0.2) is 38.7 Å². The van der Waals surface area contributed by atoms with Crippen LogP contribution in [0, 0.1) is 0 Å². The lowest BCUT2D eigenvalue weighted by molar-refractivity contribution is -0.115. The van der Waals surface area contributed by atoms with Crippen LogP contribution >= 0.6 is 0 Å². The monoisotopic (exact) mass is 266 g/mol. The summed E-state index contributed by atoms with van der Waals surface area (Å²) in [5, 5.41) is 8.01. The number of methoxy groups -OCH3 is 1. The summed E-state index contributed by atoms with van der Waals surface area (Å²) < 4.78 is 5.12. The fourth-order valence-corrected chi connectivity index (χ4v) is 1.42. The zero-order valence-corrected chi connectivity index (χ0v) is 10.7. The van der Waals surface area contributed by atoms with Gasteiger partial charge in [0, 0.05) is 13.1 Å². The standard InChI is InChI=1S/C12H18N4O3/c1-19-10-5-3-2-4-9(10)16-11(17)8-14-6-7-15-12(13)18/h2-5,14H,6-8H2,1H3,(H,16,17)(H3,13,15,18). The lowest BCUT2D eigenvalue weighted by Gasteiger charge is -2.10. The summed E-state index contributed by atoms with van der Waals surface area (Å²) in [4.78, 5) is 22.0. The molecular weight excluding hydrogens is 248 g/mol. The molecule has 0 fully saturated rings. The molecule has 3 amide bonds. The van der Waals surface area contributed by atoms with Gasteiger partial charge in [-0.15, -0.1) is 0 Å². The number of hydrogen-bond acceptors (Lipinski definition) is 4. The number of benzene rings is 1. The summed E-state index contributed by atoms with van der Waals surface area (Å²) in [5.41, 5.74) is 5.52. The number of urea groups is 1. The number of anilines is 1. The number of primary amides is 1. The largest absolute Gasteiger partial charge is 0.495 e. The van der Waals surface area contributed by atoms with Crippen molar-refractivity contribution >= 4 is 17.6 Å². The number of nitrogens with one attached hydrogen (secondary N) is 3. The number of carbonyl (C=O) groups excluding carboxylic acids is 2. The second-order valence-corrected chi connectivity index (χ2v) is 3.72. The number of nitrogens with two attached hydrogens (primary N) is 1. The highest BCUT2D eigenvalue weighted by Crippen LogP contribution is 2.22. The smallest absolute Gasteiger partial charge is 0.312 e. The zero-order chi connectivity index (χ0) is 14.1. The van der Waals surface area contributed by atoms with Crippen molar-refractivity contribution in [3.05, 3.63) is 24.3 Å². The first kappa shape index (κ1) is 14.8. The highest BCUT2D eigenvalue weighted by molar-refractivity contribution is 5.93. The molecule has 0 aliphatic rings. The van der Waals surface area contributed by atoms with Crippen molar-refractivity contribution in [3.63, 3.8) is 0 Å². The Kier molecular flexibility index (Phi) is 6.17. The first-order chi connectivity index (χ1) is 9.13. The van der Waals surface area contributed by atoms with Crippen LogP contribution in [0.15, 0.2) is 24.3 Å². The number of para-hydroxylation sites is 2. The minimum atomic E-state index is -0.583. The Balaban J connectivity index is 2.29. The topological polar surface area (TPSA) is 105 Å². The third-order valence-electron chi connectivity index (χ3n) is 2.27. The van der Waals surface area contributed by atoms with Gasteiger partial charge < -0.3 is 26.4 Å². The van der Waals surface area contributed by atoms with Crippen molar-refractivity contribution in [2.24, 2.45) is 5.73 Å². The van der Waals surface area contributed by atoms with E-state index < -0.39 is 6.03 Å². The SMILES string of the molecule is COc1ccccc1NC(=O)CNCCNC(N)=O. The molecule has 0 unspecified atom stereocenters. The summed E-state index contributed by atoms with van der Waals surface area (Å²) in [7, 11) is 1.54. The minimum Gasteiger partial charge on any atom is -0.495 e. The molecule has 0 saturated heterocycles. The van der Waals surface area contributed by atoms with Crippen LogP contribution in [0.5, 0.6) is 5.75 Å². The van der Waals surface area contributed by atoms with E-state index in [2.05, 4.69) is 16.0 Å². The van der Waals surface area contributed by atoms with Crippen molar-refractivity contribution in [2.75, 3.05) is 32.1 Å². The van der Waals surface area contributed by atoms with Gasteiger partial charge in [0.2, 0.25) is 5.91 Å². The van der Waals surface area contributed by atoms with Crippen molar-refractivity contribution in [1.82, 2.24) is 10.6 Å². The molecule has 0 heterocycles. The minimum absolute atomic E-state index is 0.137. The van der Waals surface area contributed by atoms with Gasteiger partial charge in [-0.2, -0.15) is 0 Å². The number of hydrogen-bond donors (Lipinski definition) is 4. The summed E-state index contributed by atoms with van der Waals surface area (Å²) in [6, 6.07) is 6.57. The van der Waals surface area contributed by atoms with Crippen LogP contribution < -0.4 is 26.4 Å². The van der Waals surface area contributed by atoms with Crippen molar-refractivity contribution in [3.8, 4) is 5.75 Å². The average molecular weight is 266 g/mol. The summed E-state index contributed by atoms with van der Waals surface area (Å²) in [6.45, 7) is 0.970. The molecule has 1 rings (SSSR count). The molecule has 19 heavy (non-hydrogen) atoms. The number of ether oxygens (including phenoxy) is 1. The molecule has 1 aromatic rings. The van der Waals surface area contributed by atoms with E-state index >= 15 is 0 Å². The van der Waals surface area contributed by atoms with Gasteiger partial charge in [-0.1, -0.05) is 12.1 Å². The third-order valence-corrected chi connectivity index (χ3v) is 2.27. The van der Waals surface area contributed by atoms with Gasteiger partial charge in [-0.05, 0) is 12.1 Å². The van der Waals surface area contributed by atoms with Crippen LogP contribution in [0.25, 0.3) is 0 Å². The highest BCUT2D eigenvalue weighted by atomic mass is 16.5. The van der Waals surface area contributed by atoms with Crippen LogP contribution in [0.3, 0.4) is 0 Å². The van der Waals surface area contributed by atoms with Gasteiger partial charge in [-0.25, -0.2) is 4.79 Å². The Hall–Kier alpha value is -2.28. The van der Waals surface area contributed by atoms with Crippen LogP contribution in [0.2, 0.25) is 0 Å². The first-order valence-corrected chi connectivity index (χ1v) is 5.80. The Morgan fingerprint density at radius 2 is 2.00 bits per heavy atom. The molecule has 0 atom stereocenters. The van der Waals surface area contributed by atoms with Crippen LogP contribution in [0.4, 0.5) is 10.5 Å². The average Bonchev–Trinajstić information content (AvgIpc) is 2.38.